The Balaban J connectivity index is 5.21. The topological polar surface area (TPSA) is 237 Å². The van der Waals surface area contributed by atoms with Gasteiger partial charge in [-0.25, -0.2) is 9.13 Å². The summed E-state index contributed by atoms with van der Waals surface area (Å²) in [5, 5.41) is 10.6. The van der Waals surface area contributed by atoms with Crippen LogP contribution in [0.1, 0.15) is 396 Å². The van der Waals surface area contributed by atoms with Gasteiger partial charge in [0.1, 0.15) is 19.3 Å². The number of carbonyl (C=O) groups excluding carboxylic acids is 4. The summed E-state index contributed by atoms with van der Waals surface area (Å²) in [6.07, 6.45) is 52.8. The number of rotatable bonds is 75. The Hall–Kier alpha value is -1.94. The van der Waals surface area contributed by atoms with Gasteiger partial charge in [-0.1, -0.05) is 344 Å². The number of phosphoric ester groups is 2. The van der Waals surface area contributed by atoms with Gasteiger partial charge in [0.2, 0.25) is 0 Å². The van der Waals surface area contributed by atoms with Crippen molar-refractivity contribution in [3.05, 3.63) is 0 Å². The molecule has 6 atom stereocenters. The highest BCUT2D eigenvalue weighted by molar-refractivity contribution is 7.47. The van der Waals surface area contributed by atoms with Crippen LogP contribution >= 0.6 is 15.6 Å². The second-order valence-corrected chi connectivity index (χ2v) is 32.7. The zero-order valence-electron chi connectivity index (χ0n) is 63.7. The van der Waals surface area contributed by atoms with Gasteiger partial charge < -0.3 is 33.8 Å². The first-order valence-corrected chi connectivity index (χ1v) is 43.2. The molecule has 0 aromatic carbocycles. The third kappa shape index (κ3) is 70.9. The van der Waals surface area contributed by atoms with Crippen molar-refractivity contribution in [1.82, 2.24) is 0 Å². The van der Waals surface area contributed by atoms with Gasteiger partial charge in [-0.15, -0.1) is 0 Å². The third-order valence-electron chi connectivity index (χ3n) is 18.4. The molecule has 576 valence electrons. The van der Waals surface area contributed by atoms with Gasteiger partial charge in [0.15, 0.2) is 12.2 Å². The number of esters is 4. The summed E-state index contributed by atoms with van der Waals surface area (Å²) in [7, 11) is -9.92. The molecule has 0 aliphatic heterocycles. The number of aliphatic hydroxyl groups is 1. The van der Waals surface area contributed by atoms with Crippen LogP contribution in [0.4, 0.5) is 0 Å². The fourth-order valence-corrected chi connectivity index (χ4v) is 13.5. The van der Waals surface area contributed by atoms with Crippen molar-refractivity contribution in [3.63, 3.8) is 0 Å². The molecule has 0 aromatic rings. The molecule has 0 aromatic heterocycles. The lowest BCUT2D eigenvalue weighted by Gasteiger charge is -2.21. The standard InChI is InChI=1S/C78H152O17P2/c1-9-71(8)57-49-41-33-27-28-36-45-53-61-78(83)95-73(64-88-75(80)58-50-42-34-25-21-17-13-11-10-12-15-19-23-30-38-46-54-68(2)3)66-92-96(84,85)90-62-72(79)63-91-97(86,87)93-67-74(65-89-76(81)59-51-43-37-29-32-40-48-56-70(6)7)94-77(82)60-52-44-35-26-22-18-14-16-20-24-31-39-47-55-69(4)5/h68-74,79H,9-67H2,1-8H3,(H,84,85)(H,86,87)/t71?,72?,73-,74-/m1/s1. The number of hydrogen-bond acceptors (Lipinski definition) is 15. The second-order valence-electron chi connectivity index (χ2n) is 29.8. The van der Waals surface area contributed by atoms with E-state index in [4.69, 9.17) is 37.0 Å². The van der Waals surface area contributed by atoms with Crippen molar-refractivity contribution in [2.45, 2.75) is 414 Å². The number of aliphatic hydroxyl groups excluding tert-OH is 1. The fraction of sp³-hybridized carbons (Fsp3) is 0.949. The minimum atomic E-state index is -4.96. The van der Waals surface area contributed by atoms with Crippen LogP contribution in [0.3, 0.4) is 0 Å². The predicted octanol–water partition coefficient (Wildman–Crippen LogP) is 22.8. The van der Waals surface area contributed by atoms with E-state index in [1.165, 1.54) is 193 Å². The summed E-state index contributed by atoms with van der Waals surface area (Å²) in [6, 6.07) is 0. The molecule has 3 N–H and O–H groups in total. The molecular formula is C78H152O17P2. The van der Waals surface area contributed by atoms with Crippen LogP contribution in [-0.2, 0) is 65.4 Å². The first kappa shape index (κ1) is 95.1. The molecule has 0 saturated carbocycles. The molecule has 0 rings (SSSR count). The monoisotopic (exact) mass is 1420 g/mol. The van der Waals surface area contributed by atoms with Crippen molar-refractivity contribution in [2.75, 3.05) is 39.6 Å². The molecule has 0 spiro atoms. The van der Waals surface area contributed by atoms with Crippen molar-refractivity contribution >= 4 is 39.5 Å². The fourth-order valence-electron chi connectivity index (χ4n) is 11.9. The van der Waals surface area contributed by atoms with Crippen LogP contribution in [0, 0.1) is 23.7 Å². The lowest BCUT2D eigenvalue weighted by molar-refractivity contribution is -0.161. The summed E-state index contributed by atoms with van der Waals surface area (Å²) in [6.45, 7) is 14.2. The number of carbonyl (C=O) groups is 4. The molecule has 0 amide bonds. The predicted molar refractivity (Wildman–Crippen MR) is 395 cm³/mol. The molecule has 0 bridgehead atoms. The Morgan fingerprint density at radius 2 is 0.495 bits per heavy atom. The van der Waals surface area contributed by atoms with Crippen molar-refractivity contribution < 1.29 is 80.2 Å². The highest BCUT2D eigenvalue weighted by atomic mass is 31.2. The Kier molecular flexibility index (Phi) is 65.9. The van der Waals surface area contributed by atoms with E-state index in [0.717, 1.165) is 114 Å². The molecule has 4 unspecified atom stereocenters. The molecule has 0 radical (unpaired) electrons. The average Bonchev–Trinajstić information content (AvgIpc) is 1.41. The van der Waals surface area contributed by atoms with Gasteiger partial charge in [-0.3, -0.25) is 37.3 Å². The first-order chi connectivity index (χ1) is 46.6. The average molecular weight is 1420 g/mol. The maximum atomic E-state index is 13.1. The third-order valence-corrected chi connectivity index (χ3v) is 20.3. The van der Waals surface area contributed by atoms with Gasteiger partial charge in [0, 0.05) is 25.7 Å². The summed E-state index contributed by atoms with van der Waals surface area (Å²) in [5.41, 5.74) is 0. The number of hydrogen-bond donors (Lipinski definition) is 3. The zero-order chi connectivity index (χ0) is 71.7. The number of ether oxygens (including phenoxy) is 4. The Labute approximate surface area is 594 Å². The van der Waals surface area contributed by atoms with Crippen molar-refractivity contribution in [3.8, 4) is 0 Å². The molecule has 19 heteroatoms. The molecule has 97 heavy (non-hydrogen) atoms. The highest BCUT2D eigenvalue weighted by Crippen LogP contribution is 2.45. The summed E-state index contributed by atoms with van der Waals surface area (Å²) in [5.74, 6) is 0.953. The van der Waals surface area contributed by atoms with E-state index in [0.29, 0.717) is 31.6 Å². The van der Waals surface area contributed by atoms with Crippen LogP contribution < -0.4 is 0 Å². The molecule has 17 nitrogen and oxygen atoms in total. The quantitative estimate of drug-likeness (QED) is 0.0222. The SMILES string of the molecule is CCC(C)CCCCCCCCCCC(=O)O[C@H](COC(=O)CCCCCCCCCCCCCCCCCCC(C)C)COP(=O)(O)OCC(O)COP(=O)(O)OC[C@@H](COC(=O)CCCCCCCCCC(C)C)OC(=O)CCCCCCCCCCCCCCCC(C)C. The largest absolute Gasteiger partial charge is 0.472 e. The zero-order valence-corrected chi connectivity index (χ0v) is 65.5. The van der Waals surface area contributed by atoms with Crippen molar-refractivity contribution in [1.29, 1.82) is 0 Å². The highest BCUT2D eigenvalue weighted by Gasteiger charge is 2.30. The van der Waals surface area contributed by atoms with Gasteiger partial charge in [-0.2, -0.15) is 0 Å². The van der Waals surface area contributed by atoms with Crippen LogP contribution in [0.15, 0.2) is 0 Å². The molecule has 0 aliphatic rings. The normalized spacial score (nSPS) is 14.4. The summed E-state index contributed by atoms with van der Waals surface area (Å²) < 4.78 is 68.6. The minimum Gasteiger partial charge on any atom is -0.462 e. The van der Waals surface area contributed by atoms with Gasteiger partial charge >= 0.3 is 39.5 Å². The van der Waals surface area contributed by atoms with Gasteiger partial charge in [0.25, 0.3) is 0 Å². The summed E-state index contributed by atoms with van der Waals surface area (Å²) >= 11 is 0. The smallest absolute Gasteiger partial charge is 0.462 e. The molecule has 0 fully saturated rings. The maximum absolute atomic E-state index is 13.1. The van der Waals surface area contributed by atoms with E-state index in [9.17, 15) is 43.2 Å². The maximum Gasteiger partial charge on any atom is 0.472 e. The van der Waals surface area contributed by atoms with E-state index in [-0.39, 0.29) is 25.7 Å². The lowest BCUT2D eigenvalue weighted by Crippen LogP contribution is -2.30. The summed E-state index contributed by atoms with van der Waals surface area (Å²) in [4.78, 5) is 72.9. The van der Waals surface area contributed by atoms with Crippen LogP contribution in [-0.4, -0.2) is 96.7 Å². The van der Waals surface area contributed by atoms with E-state index in [1.807, 2.05) is 0 Å². The molecular weight excluding hydrogens is 1270 g/mol. The van der Waals surface area contributed by atoms with E-state index < -0.39 is 97.5 Å². The van der Waals surface area contributed by atoms with E-state index in [2.05, 4.69) is 55.4 Å². The Bertz CT molecular complexity index is 1900. The first-order valence-electron chi connectivity index (χ1n) is 40.2. The van der Waals surface area contributed by atoms with E-state index >= 15 is 0 Å². The van der Waals surface area contributed by atoms with E-state index in [1.54, 1.807) is 0 Å². The molecule has 0 saturated heterocycles. The molecule has 0 heterocycles. The van der Waals surface area contributed by atoms with Gasteiger partial charge in [0.05, 0.1) is 26.4 Å². The second kappa shape index (κ2) is 67.2. The Morgan fingerprint density at radius 1 is 0.289 bits per heavy atom. The number of phosphoric acid groups is 2. The van der Waals surface area contributed by atoms with Crippen LogP contribution in [0.5, 0.6) is 0 Å². The number of unbranched alkanes of at least 4 members (excludes halogenated alkanes) is 40. The lowest BCUT2D eigenvalue weighted by atomic mass is 9.99. The van der Waals surface area contributed by atoms with Crippen LogP contribution in [0.2, 0.25) is 0 Å². The minimum absolute atomic E-state index is 0.105. The van der Waals surface area contributed by atoms with Crippen molar-refractivity contribution in [2.24, 2.45) is 23.7 Å². The molecule has 0 aliphatic carbocycles. The Morgan fingerprint density at radius 3 is 0.732 bits per heavy atom. The van der Waals surface area contributed by atoms with Gasteiger partial charge in [-0.05, 0) is 49.4 Å². The van der Waals surface area contributed by atoms with Crippen LogP contribution in [0.25, 0.3) is 0 Å².